The summed E-state index contributed by atoms with van der Waals surface area (Å²) >= 11 is 6.07. The predicted molar refractivity (Wildman–Crippen MR) is 120 cm³/mol. The highest BCUT2D eigenvalue weighted by atomic mass is 35.5. The van der Waals surface area contributed by atoms with Gasteiger partial charge >= 0.3 is 0 Å². The van der Waals surface area contributed by atoms with Crippen LogP contribution in [0.5, 0.6) is 5.75 Å². The summed E-state index contributed by atoms with van der Waals surface area (Å²) < 4.78 is 0. The molecule has 8 heteroatoms. The molecule has 2 N–H and O–H groups in total. The number of H-pyrrole nitrogens is 1. The van der Waals surface area contributed by atoms with E-state index in [-0.39, 0.29) is 5.75 Å². The molecule has 0 saturated carbocycles. The van der Waals surface area contributed by atoms with Crippen molar-refractivity contribution in [1.29, 1.82) is 0 Å². The lowest BCUT2D eigenvalue weighted by atomic mass is 9.86. The number of hydrogen-bond acceptors (Lipinski definition) is 6. The van der Waals surface area contributed by atoms with Gasteiger partial charge in [-0.3, -0.25) is 4.90 Å². The molecule has 7 nitrogen and oxygen atoms in total. The number of piperazine rings is 1. The first kappa shape index (κ1) is 18.6. The average molecular weight is 433 g/mol. The predicted octanol–water partition coefficient (Wildman–Crippen LogP) is 3.84. The lowest BCUT2D eigenvalue weighted by Gasteiger charge is -2.56. The molecule has 1 aromatic carbocycles. The van der Waals surface area contributed by atoms with E-state index in [4.69, 9.17) is 16.6 Å². The van der Waals surface area contributed by atoms with Crippen molar-refractivity contribution >= 4 is 28.5 Å². The number of phenols is 1. The third kappa shape index (κ3) is 3.21. The molecule has 7 rings (SSSR count). The van der Waals surface area contributed by atoms with Crippen LogP contribution in [0.1, 0.15) is 12.0 Å². The summed E-state index contributed by atoms with van der Waals surface area (Å²) in [6.07, 6.45) is 6.58. The molecule has 0 amide bonds. The number of anilines is 1. The SMILES string of the molecule is Oc1ccc(CN2C3CC2CN(c2ccc(-c4ncnc5[nH]ccc45)cn2)C3)cc1Cl. The Morgan fingerprint density at radius 1 is 1.06 bits per heavy atom. The summed E-state index contributed by atoms with van der Waals surface area (Å²) in [5.41, 5.74) is 3.85. The second-order valence-corrected chi connectivity index (χ2v) is 8.68. The zero-order valence-corrected chi connectivity index (χ0v) is 17.5. The summed E-state index contributed by atoms with van der Waals surface area (Å²) in [7, 11) is 0. The number of fused-ring (bicyclic) bond motifs is 3. The number of piperidine rings is 1. The van der Waals surface area contributed by atoms with E-state index in [1.165, 1.54) is 6.42 Å². The van der Waals surface area contributed by atoms with E-state index < -0.39 is 0 Å². The molecule has 31 heavy (non-hydrogen) atoms. The van der Waals surface area contributed by atoms with Crippen LogP contribution in [0.3, 0.4) is 0 Å². The minimum absolute atomic E-state index is 0.133. The van der Waals surface area contributed by atoms with Gasteiger partial charge in [0.25, 0.3) is 0 Å². The largest absolute Gasteiger partial charge is 0.506 e. The molecule has 3 saturated heterocycles. The van der Waals surface area contributed by atoms with Crippen LogP contribution in [-0.4, -0.2) is 55.1 Å². The topological polar surface area (TPSA) is 81.2 Å². The van der Waals surface area contributed by atoms with Gasteiger partial charge in [0.15, 0.2) is 0 Å². The normalized spacial score (nSPS) is 20.7. The van der Waals surface area contributed by atoms with Crippen molar-refractivity contribution in [1.82, 2.24) is 24.8 Å². The van der Waals surface area contributed by atoms with Gasteiger partial charge in [-0.1, -0.05) is 17.7 Å². The first-order valence-electron chi connectivity index (χ1n) is 10.4. The van der Waals surface area contributed by atoms with Crippen LogP contribution in [0.4, 0.5) is 5.82 Å². The second kappa shape index (κ2) is 7.21. The Morgan fingerprint density at radius 3 is 2.71 bits per heavy atom. The highest BCUT2D eigenvalue weighted by Gasteiger charge is 2.44. The fraction of sp³-hybridized carbons (Fsp3) is 0.261. The van der Waals surface area contributed by atoms with E-state index in [1.807, 2.05) is 30.6 Å². The average Bonchev–Trinajstić information content (AvgIpc) is 3.29. The van der Waals surface area contributed by atoms with Crippen LogP contribution >= 0.6 is 11.6 Å². The number of aromatic amines is 1. The molecule has 3 fully saturated rings. The van der Waals surface area contributed by atoms with E-state index in [1.54, 1.807) is 12.4 Å². The van der Waals surface area contributed by atoms with Crippen molar-refractivity contribution in [3.63, 3.8) is 0 Å². The number of phenolic OH excluding ortho intramolecular Hbond substituents is 1. The summed E-state index contributed by atoms with van der Waals surface area (Å²) in [6.45, 7) is 2.78. The Bertz CT molecular complexity index is 1240. The number of benzene rings is 1. The summed E-state index contributed by atoms with van der Waals surface area (Å²) in [5, 5.41) is 11.0. The maximum absolute atomic E-state index is 9.64. The van der Waals surface area contributed by atoms with Crippen LogP contribution in [0.25, 0.3) is 22.3 Å². The molecule has 0 spiro atoms. The van der Waals surface area contributed by atoms with Gasteiger partial charge in [0, 0.05) is 55.1 Å². The number of rotatable bonds is 4. The molecule has 156 valence electrons. The summed E-state index contributed by atoms with van der Waals surface area (Å²) in [4.78, 5) is 21.5. The van der Waals surface area contributed by atoms with Crippen molar-refractivity contribution in [2.45, 2.75) is 25.0 Å². The van der Waals surface area contributed by atoms with Crippen LogP contribution < -0.4 is 4.90 Å². The molecule has 2 unspecified atom stereocenters. The summed E-state index contributed by atoms with van der Waals surface area (Å²) in [5.74, 6) is 1.14. The van der Waals surface area contributed by atoms with Gasteiger partial charge in [-0.05, 0) is 42.3 Å². The Kier molecular flexibility index (Phi) is 4.33. The van der Waals surface area contributed by atoms with Crippen LogP contribution in [0.15, 0.2) is 55.1 Å². The Balaban J connectivity index is 1.16. The van der Waals surface area contributed by atoms with Crippen LogP contribution in [-0.2, 0) is 6.54 Å². The molecule has 0 radical (unpaired) electrons. The van der Waals surface area contributed by atoms with Crippen molar-refractivity contribution in [3.05, 3.63) is 65.7 Å². The fourth-order valence-corrected chi connectivity index (χ4v) is 5.01. The molecule has 2 bridgehead atoms. The molecule has 2 atom stereocenters. The maximum Gasteiger partial charge on any atom is 0.141 e. The first-order valence-corrected chi connectivity index (χ1v) is 10.8. The number of halogens is 1. The molecule has 3 aliphatic heterocycles. The third-order valence-electron chi connectivity index (χ3n) is 6.42. The number of pyridine rings is 1. The molecule has 4 aromatic rings. The molecular formula is C23H21ClN6O. The smallest absolute Gasteiger partial charge is 0.141 e. The van der Waals surface area contributed by atoms with E-state index in [0.29, 0.717) is 17.1 Å². The quantitative estimate of drug-likeness (QED) is 0.510. The van der Waals surface area contributed by atoms with Gasteiger partial charge in [0.2, 0.25) is 0 Å². The minimum atomic E-state index is 0.133. The van der Waals surface area contributed by atoms with Crippen molar-refractivity contribution in [3.8, 4) is 17.0 Å². The lowest BCUT2D eigenvalue weighted by Crippen LogP contribution is -2.68. The first-order chi connectivity index (χ1) is 15.2. The van der Waals surface area contributed by atoms with Gasteiger partial charge < -0.3 is 15.0 Å². The number of aromatic nitrogens is 4. The highest BCUT2D eigenvalue weighted by molar-refractivity contribution is 6.32. The number of hydrogen-bond donors (Lipinski definition) is 2. The fourth-order valence-electron chi connectivity index (χ4n) is 4.81. The van der Waals surface area contributed by atoms with Crippen molar-refractivity contribution < 1.29 is 5.11 Å². The highest BCUT2D eigenvalue weighted by Crippen LogP contribution is 2.36. The number of nitrogens with zero attached hydrogens (tertiary/aromatic N) is 5. The Hall–Kier alpha value is -3.16. The summed E-state index contributed by atoms with van der Waals surface area (Å²) in [6, 6.07) is 12.7. The second-order valence-electron chi connectivity index (χ2n) is 8.27. The van der Waals surface area contributed by atoms with E-state index in [0.717, 1.165) is 53.3 Å². The lowest BCUT2D eigenvalue weighted by molar-refractivity contribution is -0.00868. The Labute approximate surface area is 184 Å². The minimum Gasteiger partial charge on any atom is -0.506 e. The zero-order chi connectivity index (χ0) is 20.9. The maximum atomic E-state index is 9.64. The van der Waals surface area contributed by atoms with Crippen molar-refractivity contribution in [2.24, 2.45) is 0 Å². The third-order valence-corrected chi connectivity index (χ3v) is 6.72. The number of aromatic hydroxyl groups is 1. The molecule has 6 heterocycles. The monoisotopic (exact) mass is 432 g/mol. The van der Waals surface area contributed by atoms with Gasteiger partial charge in [0.1, 0.15) is 23.5 Å². The van der Waals surface area contributed by atoms with Gasteiger partial charge in [0.05, 0.1) is 10.7 Å². The van der Waals surface area contributed by atoms with Gasteiger partial charge in [-0.15, -0.1) is 0 Å². The van der Waals surface area contributed by atoms with Gasteiger partial charge in [-0.2, -0.15) is 0 Å². The van der Waals surface area contributed by atoms with E-state index in [9.17, 15) is 5.11 Å². The van der Waals surface area contributed by atoms with E-state index in [2.05, 4.69) is 36.9 Å². The van der Waals surface area contributed by atoms with Crippen LogP contribution in [0.2, 0.25) is 5.02 Å². The van der Waals surface area contributed by atoms with E-state index >= 15 is 0 Å². The zero-order valence-electron chi connectivity index (χ0n) is 16.7. The molecular weight excluding hydrogens is 412 g/mol. The molecule has 3 aliphatic rings. The standard InChI is InChI=1S/C23H21ClN6O/c24-19-7-14(1-3-20(19)31)10-30-16-8-17(30)12-29(11-16)21-4-2-15(9-26-21)22-18-5-6-25-23(18)28-13-27-22/h1-7,9,13,16-17,31H,8,10-12H2,(H,25,27,28). The van der Waals surface area contributed by atoms with Crippen molar-refractivity contribution in [2.75, 3.05) is 18.0 Å². The number of nitrogens with one attached hydrogen (secondary N) is 1. The molecule has 0 aliphatic carbocycles. The van der Waals surface area contributed by atoms with Gasteiger partial charge in [-0.25, -0.2) is 15.0 Å². The van der Waals surface area contributed by atoms with Crippen LogP contribution in [0, 0.1) is 0 Å². The molecule has 3 aromatic heterocycles. The Morgan fingerprint density at radius 2 is 1.94 bits per heavy atom.